The van der Waals surface area contributed by atoms with Crippen LogP contribution in [0.25, 0.3) is 0 Å². The Bertz CT molecular complexity index is 394. The Labute approximate surface area is 133 Å². The molecule has 4 heteroatoms. The number of ketones is 1. The molecule has 22 heavy (non-hydrogen) atoms. The Morgan fingerprint density at radius 1 is 1.18 bits per heavy atom. The van der Waals surface area contributed by atoms with Crippen molar-refractivity contribution in [3.63, 3.8) is 0 Å². The van der Waals surface area contributed by atoms with Gasteiger partial charge in [0.1, 0.15) is 0 Å². The van der Waals surface area contributed by atoms with E-state index in [1.54, 1.807) is 0 Å². The highest BCUT2D eigenvalue weighted by Crippen LogP contribution is 2.20. The minimum absolute atomic E-state index is 0.131. The predicted molar refractivity (Wildman–Crippen MR) is 84.3 cm³/mol. The fraction of sp³-hybridized carbons (Fsp3) is 0.778. The van der Waals surface area contributed by atoms with Gasteiger partial charge in [0.05, 0.1) is 6.61 Å². The van der Waals surface area contributed by atoms with E-state index in [0.29, 0.717) is 25.2 Å². The molecule has 0 aromatic carbocycles. The Kier molecular flexibility index (Phi) is 7.64. The molecule has 1 heterocycles. The highest BCUT2D eigenvalue weighted by atomic mass is 16.7. The normalized spacial score (nSPS) is 21.7. The van der Waals surface area contributed by atoms with Gasteiger partial charge in [-0.25, -0.2) is 0 Å². The number of esters is 1. The standard InChI is InChI=1S/C18H28O4/c19-16-11-8-10-15(16)9-4-2-1-3-5-12-17(20)22-18-13-6-7-14-21-18/h10,18H,1-9,11-14H2. The molecule has 0 bridgehead atoms. The monoisotopic (exact) mass is 308 g/mol. The zero-order chi connectivity index (χ0) is 15.6. The molecule has 2 rings (SSSR count). The number of rotatable bonds is 9. The molecule has 0 radical (unpaired) electrons. The van der Waals surface area contributed by atoms with E-state index in [4.69, 9.17) is 9.47 Å². The molecule has 1 atom stereocenters. The molecular weight excluding hydrogens is 280 g/mol. The van der Waals surface area contributed by atoms with Crippen molar-refractivity contribution < 1.29 is 19.1 Å². The number of hydrogen-bond donors (Lipinski definition) is 0. The Balaban J connectivity index is 1.42. The second kappa shape index (κ2) is 9.78. The van der Waals surface area contributed by atoms with E-state index in [0.717, 1.165) is 69.8 Å². The van der Waals surface area contributed by atoms with E-state index >= 15 is 0 Å². The van der Waals surface area contributed by atoms with Crippen molar-refractivity contribution in [3.05, 3.63) is 11.6 Å². The van der Waals surface area contributed by atoms with Gasteiger partial charge in [0.15, 0.2) is 5.78 Å². The van der Waals surface area contributed by atoms with Gasteiger partial charge in [-0.05, 0) is 44.1 Å². The van der Waals surface area contributed by atoms with Crippen LogP contribution in [0.3, 0.4) is 0 Å². The third-order valence-corrected chi connectivity index (χ3v) is 4.35. The molecule has 0 spiro atoms. The molecule has 1 unspecified atom stereocenters. The summed E-state index contributed by atoms with van der Waals surface area (Å²) in [5, 5.41) is 0. The summed E-state index contributed by atoms with van der Waals surface area (Å²) in [6, 6.07) is 0. The fourth-order valence-electron chi connectivity index (χ4n) is 3.02. The largest absolute Gasteiger partial charge is 0.436 e. The first-order valence-electron chi connectivity index (χ1n) is 8.79. The molecule has 1 aliphatic heterocycles. The van der Waals surface area contributed by atoms with Crippen LogP contribution in [0.15, 0.2) is 11.6 Å². The number of Topliss-reactive ketones (excluding diaryl/α,β-unsaturated/α-hetero) is 1. The number of carbonyl (C=O) groups excluding carboxylic acids is 2. The Morgan fingerprint density at radius 2 is 2.00 bits per heavy atom. The van der Waals surface area contributed by atoms with Crippen LogP contribution in [-0.4, -0.2) is 24.6 Å². The van der Waals surface area contributed by atoms with E-state index in [2.05, 4.69) is 6.08 Å². The SMILES string of the molecule is O=C(CCCCCCCC1=CCCC1=O)OC1CCCCO1. The lowest BCUT2D eigenvalue weighted by atomic mass is 10.0. The van der Waals surface area contributed by atoms with Gasteiger partial charge in [-0.2, -0.15) is 0 Å². The zero-order valence-corrected chi connectivity index (χ0v) is 13.5. The number of allylic oxidation sites excluding steroid dienone is 2. The summed E-state index contributed by atoms with van der Waals surface area (Å²) in [5.41, 5.74) is 1.04. The minimum atomic E-state index is -0.307. The molecule has 2 aliphatic rings. The smallest absolute Gasteiger partial charge is 0.308 e. The highest BCUT2D eigenvalue weighted by Gasteiger charge is 2.17. The van der Waals surface area contributed by atoms with Crippen LogP contribution in [0, 0.1) is 0 Å². The van der Waals surface area contributed by atoms with Gasteiger partial charge in [0.2, 0.25) is 6.29 Å². The van der Waals surface area contributed by atoms with Crippen molar-refractivity contribution in [3.8, 4) is 0 Å². The first kappa shape index (κ1) is 17.2. The maximum Gasteiger partial charge on any atom is 0.308 e. The van der Waals surface area contributed by atoms with Crippen molar-refractivity contribution in [2.45, 2.75) is 83.3 Å². The van der Waals surface area contributed by atoms with Crippen LogP contribution in [0.4, 0.5) is 0 Å². The molecule has 0 amide bonds. The maximum absolute atomic E-state index is 11.7. The minimum Gasteiger partial charge on any atom is -0.436 e. The first-order valence-corrected chi connectivity index (χ1v) is 8.79. The first-order chi connectivity index (χ1) is 10.8. The van der Waals surface area contributed by atoms with Crippen molar-refractivity contribution in [1.82, 2.24) is 0 Å². The summed E-state index contributed by atoms with van der Waals surface area (Å²) in [6.45, 7) is 0.705. The van der Waals surface area contributed by atoms with Gasteiger partial charge in [0, 0.05) is 19.3 Å². The van der Waals surface area contributed by atoms with Crippen LogP contribution in [0.1, 0.15) is 77.0 Å². The van der Waals surface area contributed by atoms with E-state index < -0.39 is 0 Å². The summed E-state index contributed by atoms with van der Waals surface area (Å²) in [6.07, 6.45) is 13.1. The molecular formula is C18H28O4. The molecule has 0 N–H and O–H groups in total. The van der Waals surface area contributed by atoms with E-state index in [1.165, 1.54) is 0 Å². The predicted octanol–water partition coefficient (Wildman–Crippen LogP) is 4.08. The zero-order valence-electron chi connectivity index (χ0n) is 13.5. The van der Waals surface area contributed by atoms with Crippen LogP contribution < -0.4 is 0 Å². The maximum atomic E-state index is 11.7. The number of carbonyl (C=O) groups is 2. The lowest BCUT2D eigenvalue weighted by Gasteiger charge is -2.22. The average molecular weight is 308 g/mol. The third-order valence-electron chi connectivity index (χ3n) is 4.35. The molecule has 4 nitrogen and oxygen atoms in total. The van der Waals surface area contributed by atoms with E-state index in [9.17, 15) is 9.59 Å². The summed E-state index contributed by atoms with van der Waals surface area (Å²) in [7, 11) is 0. The van der Waals surface area contributed by atoms with E-state index in [1.807, 2.05) is 0 Å². The summed E-state index contributed by atoms with van der Waals surface area (Å²) < 4.78 is 10.7. The fourth-order valence-corrected chi connectivity index (χ4v) is 3.02. The van der Waals surface area contributed by atoms with Crippen LogP contribution in [0.2, 0.25) is 0 Å². The summed E-state index contributed by atoms with van der Waals surface area (Å²) >= 11 is 0. The number of ether oxygens (including phenoxy) is 2. The topological polar surface area (TPSA) is 52.6 Å². The molecule has 0 aromatic rings. The molecule has 1 saturated heterocycles. The van der Waals surface area contributed by atoms with Crippen LogP contribution in [0.5, 0.6) is 0 Å². The Hall–Kier alpha value is -1.16. The van der Waals surface area contributed by atoms with Gasteiger partial charge in [-0.1, -0.05) is 25.3 Å². The van der Waals surface area contributed by atoms with Crippen molar-refractivity contribution in [2.24, 2.45) is 0 Å². The van der Waals surface area contributed by atoms with Crippen molar-refractivity contribution >= 4 is 11.8 Å². The molecule has 0 aromatic heterocycles. The van der Waals surface area contributed by atoms with Gasteiger partial charge >= 0.3 is 5.97 Å². The van der Waals surface area contributed by atoms with Gasteiger partial charge in [-0.3, -0.25) is 9.59 Å². The van der Waals surface area contributed by atoms with Crippen LogP contribution in [-0.2, 0) is 19.1 Å². The number of hydrogen-bond acceptors (Lipinski definition) is 4. The summed E-state index contributed by atoms with van der Waals surface area (Å²) in [5.74, 6) is 0.210. The quantitative estimate of drug-likeness (QED) is 0.476. The molecule has 1 fully saturated rings. The second-order valence-electron chi connectivity index (χ2n) is 6.24. The van der Waals surface area contributed by atoms with Crippen LogP contribution >= 0.6 is 0 Å². The van der Waals surface area contributed by atoms with Gasteiger partial charge < -0.3 is 9.47 Å². The highest BCUT2D eigenvalue weighted by molar-refractivity contribution is 5.97. The van der Waals surface area contributed by atoms with Gasteiger partial charge in [-0.15, -0.1) is 0 Å². The average Bonchev–Trinajstić information content (AvgIpc) is 2.92. The molecule has 124 valence electrons. The lowest BCUT2D eigenvalue weighted by Crippen LogP contribution is -2.25. The second-order valence-corrected chi connectivity index (χ2v) is 6.24. The Morgan fingerprint density at radius 3 is 2.73 bits per heavy atom. The van der Waals surface area contributed by atoms with E-state index in [-0.39, 0.29) is 12.3 Å². The number of unbranched alkanes of at least 4 members (excludes halogenated alkanes) is 4. The van der Waals surface area contributed by atoms with Crippen molar-refractivity contribution in [1.29, 1.82) is 0 Å². The lowest BCUT2D eigenvalue weighted by molar-refractivity contribution is -0.186. The van der Waals surface area contributed by atoms with Crippen molar-refractivity contribution in [2.75, 3.05) is 6.61 Å². The summed E-state index contributed by atoms with van der Waals surface area (Å²) in [4.78, 5) is 23.1. The molecule has 1 aliphatic carbocycles. The third kappa shape index (κ3) is 6.30. The molecule has 0 saturated carbocycles. The van der Waals surface area contributed by atoms with Gasteiger partial charge in [0.25, 0.3) is 0 Å².